The van der Waals surface area contributed by atoms with E-state index in [-0.39, 0.29) is 5.82 Å². The summed E-state index contributed by atoms with van der Waals surface area (Å²) in [6.45, 7) is 0.825. The van der Waals surface area contributed by atoms with Gasteiger partial charge in [-0.15, -0.1) is 0 Å². The summed E-state index contributed by atoms with van der Waals surface area (Å²) < 4.78 is 16.3. The molecule has 0 saturated heterocycles. The molecular weight excluding hydrogens is 199 g/mol. The zero-order chi connectivity index (χ0) is 9.54. The van der Waals surface area contributed by atoms with Crippen molar-refractivity contribution in [1.82, 2.24) is 4.72 Å². The quantitative estimate of drug-likeness (QED) is 0.716. The number of hydrogen-bond donors (Lipinski definition) is 1. The van der Waals surface area contributed by atoms with Crippen LogP contribution >= 0.6 is 11.9 Å². The third kappa shape index (κ3) is 1.38. The smallest absolute Gasteiger partial charge is 0.125 e. The van der Waals surface area contributed by atoms with Gasteiger partial charge in [0, 0.05) is 10.9 Å². The lowest BCUT2D eigenvalue weighted by atomic mass is 10.2. The van der Waals surface area contributed by atoms with Crippen LogP contribution in [0.5, 0.6) is 0 Å². The molecule has 1 heterocycles. The molecule has 1 aromatic carbocycles. The van der Waals surface area contributed by atoms with Gasteiger partial charge < -0.3 is 4.90 Å². The molecule has 1 aliphatic heterocycles. The summed E-state index contributed by atoms with van der Waals surface area (Å²) in [6.07, 6.45) is 2.48. The molecule has 0 aromatic heterocycles. The third-order valence-electron chi connectivity index (χ3n) is 2.64. The van der Waals surface area contributed by atoms with Crippen molar-refractivity contribution in [3.05, 3.63) is 24.0 Å². The lowest BCUT2D eigenvalue weighted by Crippen LogP contribution is -2.36. The largest absolute Gasteiger partial charge is 0.354 e. The maximum absolute atomic E-state index is 13.1. The molecule has 1 aromatic rings. The van der Waals surface area contributed by atoms with Crippen molar-refractivity contribution in [1.29, 1.82) is 0 Å². The molecule has 1 fully saturated rings. The Balaban J connectivity index is 2.02. The standard InChI is InChI=1S/C10H11FN2S/c11-7-1-4-10-9(5-7)13(6-12-14-10)8-2-3-8/h1,4-5,8,12H,2-3,6H2. The van der Waals surface area contributed by atoms with Gasteiger partial charge in [-0.25, -0.2) is 9.11 Å². The topological polar surface area (TPSA) is 15.3 Å². The van der Waals surface area contributed by atoms with Crippen molar-refractivity contribution in [2.75, 3.05) is 11.6 Å². The first-order chi connectivity index (χ1) is 6.84. The van der Waals surface area contributed by atoms with Crippen molar-refractivity contribution < 1.29 is 4.39 Å². The van der Waals surface area contributed by atoms with E-state index in [1.807, 2.05) is 6.07 Å². The number of fused-ring (bicyclic) bond motifs is 1. The fourth-order valence-corrected chi connectivity index (χ4v) is 2.55. The van der Waals surface area contributed by atoms with Gasteiger partial charge in [0.15, 0.2) is 0 Å². The minimum Gasteiger partial charge on any atom is -0.354 e. The molecule has 1 aliphatic carbocycles. The van der Waals surface area contributed by atoms with Gasteiger partial charge in [-0.05, 0) is 43.0 Å². The summed E-state index contributed by atoms with van der Waals surface area (Å²) in [5.74, 6) is -0.142. The summed E-state index contributed by atoms with van der Waals surface area (Å²) in [6, 6.07) is 5.63. The van der Waals surface area contributed by atoms with Crippen molar-refractivity contribution in [3.63, 3.8) is 0 Å². The maximum Gasteiger partial charge on any atom is 0.125 e. The predicted molar refractivity (Wildman–Crippen MR) is 55.8 cm³/mol. The van der Waals surface area contributed by atoms with Crippen molar-refractivity contribution in [2.24, 2.45) is 0 Å². The second kappa shape index (κ2) is 3.14. The van der Waals surface area contributed by atoms with Crippen LogP contribution in [0.1, 0.15) is 12.8 Å². The minimum absolute atomic E-state index is 0.142. The Labute approximate surface area is 86.6 Å². The Kier molecular flexibility index (Phi) is 1.92. The van der Waals surface area contributed by atoms with Gasteiger partial charge in [-0.3, -0.25) is 0 Å². The monoisotopic (exact) mass is 210 g/mol. The van der Waals surface area contributed by atoms with Gasteiger partial charge in [-0.1, -0.05) is 0 Å². The molecular formula is C10H11FN2S. The molecule has 0 bridgehead atoms. The Morgan fingerprint density at radius 3 is 3.07 bits per heavy atom. The fourth-order valence-electron chi connectivity index (χ4n) is 1.78. The molecule has 0 spiro atoms. The van der Waals surface area contributed by atoms with E-state index in [1.165, 1.54) is 18.9 Å². The summed E-state index contributed by atoms with van der Waals surface area (Å²) in [4.78, 5) is 3.39. The minimum atomic E-state index is -0.142. The fraction of sp³-hybridized carbons (Fsp3) is 0.400. The first kappa shape index (κ1) is 8.56. The molecule has 3 rings (SSSR count). The van der Waals surface area contributed by atoms with E-state index in [4.69, 9.17) is 0 Å². The summed E-state index contributed by atoms with van der Waals surface area (Å²) in [5.41, 5.74) is 1.05. The number of nitrogens with one attached hydrogen (secondary N) is 1. The summed E-state index contributed by atoms with van der Waals surface area (Å²) in [5, 5.41) is 0. The summed E-state index contributed by atoms with van der Waals surface area (Å²) in [7, 11) is 0. The number of halogens is 1. The molecule has 0 unspecified atom stereocenters. The summed E-state index contributed by atoms with van der Waals surface area (Å²) >= 11 is 1.59. The lowest BCUT2D eigenvalue weighted by Gasteiger charge is -2.31. The molecule has 1 saturated carbocycles. The van der Waals surface area contributed by atoms with E-state index >= 15 is 0 Å². The van der Waals surface area contributed by atoms with Crippen LogP contribution in [0.3, 0.4) is 0 Å². The van der Waals surface area contributed by atoms with Crippen LogP contribution in [0.15, 0.2) is 23.1 Å². The van der Waals surface area contributed by atoms with Crippen LogP contribution in [0.25, 0.3) is 0 Å². The van der Waals surface area contributed by atoms with Crippen LogP contribution < -0.4 is 9.62 Å². The zero-order valence-corrected chi connectivity index (χ0v) is 8.48. The number of rotatable bonds is 1. The Morgan fingerprint density at radius 2 is 2.29 bits per heavy atom. The number of nitrogens with zero attached hydrogens (tertiary/aromatic N) is 1. The number of benzene rings is 1. The zero-order valence-electron chi connectivity index (χ0n) is 7.66. The SMILES string of the molecule is Fc1ccc2c(c1)N(C1CC1)CNS2. The Bertz CT molecular complexity index is 365. The molecule has 0 amide bonds. The lowest BCUT2D eigenvalue weighted by molar-refractivity contribution is 0.623. The van der Waals surface area contributed by atoms with Crippen LogP contribution in [0, 0.1) is 5.82 Å². The maximum atomic E-state index is 13.1. The van der Waals surface area contributed by atoms with Gasteiger partial charge in [0.05, 0.1) is 12.4 Å². The Hall–Kier alpha value is -0.740. The van der Waals surface area contributed by atoms with Gasteiger partial charge >= 0.3 is 0 Å². The van der Waals surface area contributed by atoms with Crippen molar-refractivity contribution in [3.8, 4) is 0 Å². The average molecular weight is 210 g/mol. The highest BCUT2D eigenvalue weighted by molar-refractivity contribution is 7.97. The first-order valence-electron chi connectivity index (χ1n) is 4.80. The van der Waals surface area contributed by atoms with Crippen LogP contribution in [-0.4, -0.2) is 12.7 Å². The molecule has 2 aliphatic rings. The van der Waals surface area contributed by atoms with E-state index in [2.05, 4.69) is 9.62 Å². The van der Waals surface area contributed by atoms with E-state index in [0.717, 1.165) is 17.3 Å². The van der Waals surface area contributed by atoms with Crippen LogP contribution in [0.4, 0.5) is 10.1 Å². The molecule has 74 valence electrons. The van der Waals surface area contributed by atoms with E-state index in [0.29, 0.717) is 6.04 Å². The molecule has 0 atom stereocenters. The van der Waals surface area contributed by atoms with E-state index < -0.39 is 0 Å². The Morgan fingerprint density at radius 1 is 1.43 bits per heavy atom. The van der Waals surface area contributed by atoms with Gasteiger partial charge in [0.2, 0.25) is 0 Å². The molecule has 4 heteroatoms. The normalized spacial score (nSPS) is 20.8. The number of anilines is 1. The van der Waals surface area contributed by atoms with Crippen LogP contribution in [-0.2, 0) is 0 Å². The highest BCUT2D eigenvalue weighted by Gasteiger charge is 2.32. The second-order valence-electron chi connectivity index (χ2n) is 3.72. The molecule has 1 N–H and O–H groups in total. The highest BCUT2D eigenvalue weighted by atomic mass is 32.2. The average Bonchev–Trinajstić information content (AvgIpc) is 3.00. The second-order valence-corrected chi connectivity index (χ2v) is 4.65. The third-order valence-corrected chi connectivity index (χ3v) is 3.47. The van der Waals surface area contributed by atoms with Gasteiger partial charge in [0.25, 0.3) is 0 Å². The van der Waals surface area contributed by atoms with E-state index in [1.54, 1.807) is 18.0 Å². The van der Waals surface area contributed by atoms with Gasteiger partial charge in [0.1, 0.15) is 5.82 Å². The highest BCUT2D eigenvalue weighted by Crippen LogP contribution is 2.39. The molecule has 0 radical (unpaired) electrons. The van der Waals surface area contributed by atoms with Crippen molar-refractivity contribution >= 4 is 17.6 Å². The predicted octanol–water partition coefficient (Wildman–Crippen LogP) is 2.36. The van der Waals surface area contributed by atoms with Crippen molar-refractivity contribution in [2.45, 2.75) is 23.8 Å². The first-order valence-corrected chi connectivity index (χ1v) is 5.62. The van der Waals surface area contributed by atoms with E-state index in [9.17, 15) is 4.39 Å². The van der Waals surface area contributed by atoms with Crippen LogP contribution in [0.2, 0.25) is 0 Å². The number of hydrogen-bond acceptors (Lipinski definition) is 3. The molecule has 14 heavy (non-hydrogen) atoms. The van der Waals surface area contributed by atoms with Gasteiger partial charge in [-0.2, -0.15) is 0 Å². The molecule has 2 nitrogen and oxygen atoms in total.